The third kappa shape index (κ3) is 5.27. The SMILES string of the molecule is COCCNC(=O)c1ccc(CS(=O)(=O)N2CCN(C)CC2)cc1. The molecule has 0 aliphatic carbocycles. The Morgan fingerprint density at radius 2 is 1.79 bits per heavy atom. The molecule has 1 saturated heterocycles. The number of rotatable bonds is 7. The van der Waals surface area contributed by atoms with Crippen LogP contribution in [0.1, 0.15) is 15.9 Å². The molecule has 1 heterocycles. The van der Waals surface area contributed by atoms with E-state index in [1.165, 1.54) is 0 Å². The fourth-order valence-electron chi connectivity index (χ4n) is 2.49. The van der Waals surface area contributed by atoms with Gasteiger partial charge in [0.1, 0.15) is 0 Å². The second kappa shape index (κ2) is 8.57. The molecule has 1 fully saturated rings. The Balaban J connectivity index is 1.94. The number of carbonyl (C=O) groups is 1. The summed E-state index contributed by atoms with van der Waals surface area (Å²) in [7, 11) is 0.237. The topological polar surface area (TPSA) is 78.9 Å². The van der Waals surface area contributed by atoms with Crippen LogP contribution in [0, 0.1) is 0 Å². The van der Waals surface area contributed by atoms with Crippen LogP contribution in [0.25, 0.3) is 0 Å². The van der Waals surface area contributed by atoms with E-state index >= 15 is 0 Å². The Morgan fingerprint density at radius 1 is 1.17 bits per heavy atom. The van der Waals surface area contributed by atoms with Crippen molar-refractivity contribution in [3.05, 3.63) is 35.4 Å². The molecule has 0 aromatic heterocycles. The van der Waals surface area contributed by atoms with Gasteiger partial charge in [-0.05, 0) is 24.7 Å². The number of carbonyl (C=O) groups excluding carboxylic acids is 1. The molecule has 1 aliphatic rings. The Hall–Kier alpha value is -1.48. The quantitative estimate of drug-likeness (QED) is 0.704. The van der Waals surface area contributed by atoms with E-state index in [-0.39, 0.29) is 11.7 Å². The van der Waals surface area contributed by atoms with E-state index in [4.69, 9.17) is 4.74 Å². The van der Waals surface area contributed by atoms with Gasteiger partial charge in [0.05, 0.1) is 12.4 Å². The smallest absolute Gasteiger partial charge is 0.251 e. The minimum atomic E-state index is -3.32. The van der Waals surface area contributed by atoms with Crippen LogP contribution in [0.5, 0.6) is 0 Å². The highest BCUT2D eigenvalue weighted by molar-refractivity contribution is 7.88. The number of methoxy groups -OCH3 is 1. The summed E-state index contributed by atoms with van der Waals surface area (Å²) in [5.41, 5.74) is 1.19. The highest BCUT2D eigenvalue weighted by Crippen LogP contribution is 2.14. The van der Waals surface area contributed by atoms with Gasteiger partial charge in [0.2, 0.25) is 10.0 Å². The molecule has 2 rings (SSSR count). The van der Waals surface area contributed by atoms with Crippen LogP contribution in [0.15, 0.2) is 24.3 Å². The molecule has 134 valence electrons. The van der Waals surface area contributed by atoms with Crippen LogP contribution in [0.4, 0.5) is 0 Å². The van der Waals surface area contributed by atoms with Crippen LogP contribution in [-0.4, -0.2) is 77.0 Å². The number of ether oxygens (including phenoxy) is 1. The third-order valence-corrected chi connectivity index (χ3v) is 5.86. The molecule has 7 nitrogen and oxygen atoms in total. The van der Waals surface area contributed by atoms with E-state index in [1.807, 2.05) is 7.05 Å². The fraction of sp³-hybridized carbons (Fsp3) is 0.562. The number of nitrogens with zero attached hydrogens (tertiary/aromatic N) is 2. The van der Waals surface area contributed by atoms with Crippen molar-refractivity contribution in [1.29, 1.82) is 0 Å². The van der Waals surface area contributed by atoms with E-state index < -0.39 is 10.0 Å². The van der Waals surface area contributed by atoms with Crippen LogP contribution in [-0.2, 0) is 20.5 Å². The van der Waals surface area contributed by atoms with Gasteiger partial charge in [-0.2, -0.15) is 4.31 Å². The summed E-state index contributed by atoms with van der Waals surface area (Å²) < 4.78 is 31.4. The van der Waals surface area contributed by atoms with E-state index in [1.54, 1.807) is 35.7 Å². The second-order valence-corrected chi connectivity index (χ2v) is 7.87. The molecule has 8 heteroatoms. The van der Waals surface area contributed by atoms with Gasteiger partial charge in [-0.15, -0.1) is 0 Å². The summed E-state index contributed by atoms with van der Waals surface area (Å²) in [5, 5.41) is 2.73. The van der Waals surface area contributed by atoms with Crippen LogP contribution < -0.4 is 5.32 Å². The lowest BCUT2D eigenvalue weighted by molar-refractivity contribution is 0.0937. The molecule has 0 bridgehead atoms. The van der Waals surface area contributed by atoms with Crippen LogP contribution in [0.2, 0.25) is 0 Å². The summed E-state index contributed by atoms with van der Waals surface area (Å²) in [6.07, 6.45) is 0. The molecule has 1 amide bonds. The van der Waals surface area contributed by atoms with Crippen molar-refractivity contribution in [3.8, 4) is 0 Å². The van der Waals surface area contributed by atoms with Gasteiger partial charge in [0, 0.05) is 45.4 Å². The maximum Gasteiger partial charge on any atom is 0.251 e. The average Bonchev–Trinajstić information content (AvgIpc) is 2.55. The average molecular weight is 355 g/mol. The highest BCUT2D eigenvalue weighted by Gasteiger charge is 2.25. The Bertz CT molecular complexity index is 638. The van der Waals surface area contributed by atoms with Crippen molar-refractivity contribution in [2.45, 2.75) is 5.75 Å². The number of amides is 1. The predicted octanol–water partition coefficient (Wildman–Crippen LogP) is 0.140. The first kappa shape index (κ1) is 18.9. The molecule has 0 atom stereocenters. The molecule has 1 aliphatic heterocycles. The number of likely N-dealkylation sites (N-methyl/N-ethyl adjacent to an activating group) is 1. The zero-order valence-electron chi connectivity index (χ0n) is 14.2. The van der Waals surface area contributed by atoms with Crippen molar-refractivity contribution < 1.29 is 17.9 Å². The highest BCUT2D eigenvalue weighted by atomic mass is 32.2. The van der Waals surface area contributed by atoms with Gasteiger partial charge < -0.3 is 15.0 Å². The predicted molar refractivity (Wildman–Crippen MR) is 92.3 cm³/mol. The van der Waals surface area contributed by atoms with Gasteiger partial charge in [-0.1, -0.05) is 12.1 Å². The number of hydrogen-bond acceptors (Lipinski definition) is 5. The first-order chi connectivity index (χ1) is 11.4. The van der Waals surface area contributed by atoms with E-state index in [0.717, 1.165) is 13.1 Å². The molecule has 24 heavy (non-hydrogen) atoms. The molecule has 1 N–H and O–H groups in total. The number of hydrogen-bond donors (Lipinski definition) is 1. The Morgan fingerprint density at radius 3 is 2.38 bits per heavy atom. The first-order valence-electron chi connectivity index (χ1n) is 7.95. The van der Waals surface area contributed by atoms with Gasteiger partial charge in [-0.3, -0.25) is 4.79 Å². The fourth-order valence-corrected chi connectivity index (χ4v) is 4.01. The lowest BCUT2D eigenvalue weighted by atomic mass is 10.1. The lowest BCUT2D eigenvalue weighted by Gasteiger charge is -2.31. The standard InChI is InChI=1S/C16H25N3O4S/c1-18-8-10-19(11-9-18)24(21,22)13-14-3-5-15(6-4-14)16(20)17-7-12-23-2/h3-6H,7-13H2,1-2H3,(H,17,20). The third-order valence-electron chi connectivity index (χ3n) is 4.01. The molecule has 0 radical (unpaired) electrons. The zero-order chi connectivity index (χ0) is 17.6. The Kier molecular flexibility index (Phi) is 6.73. The van der Waals surface area contributed by atoms with Crippen LogP contribution >= 0.6 is 0 Å². The molecular formula is C16H25N3O4S. The minimum absolute atomic E-state index is 0.0394. The molecule has 1 aromatic carbocycles. The van der Waals surface area contributed by atoms with Gasteiger partial charge in [-0.25, -0.2) is 8.42 Å². The van der Waals surface area contributed by atoms with Crippen molar-refractivity contribution in [2.75, 3.05) is 53.5 Å². The van der Waals surface area contributed by atoms with Gasteiger partial charge in [0.25, 0.3) is 5.91 Å². The van der Waals surface area contributed by atoms with E-state index in [2.05, 4.69) is 10.2 Å². The number of nitrogens with one attached hydrogen (secondary N) is 1. The maximum atomic E-state index is 12.5. The lowest BCUT2D eigenvalue weighted by Crippen LogP contribution is -2.47. The summed E-state index contributed by atoms with van der Waals surface area (Å²) in [6, 6.07) is 6.69. The van der Waals surface area contributed by atoms with Crippen LogP contribution in [0.3, 0.4) is 0 Å². The molecule has 1 aromatic rings. The van der Waals surface area contributed by atoms with Crippen molar-refractivity contribution in [1.82, 2.24) is 14.5 Å². The zero-order valence-corrected chi connectivity index (χ0v) is 15.0. The largest absolute Gasteiger partial charge is 0.383 e. The van der Waals surface area contributed by atoms with Gasteiger partial charge in [0.15, 0.2) is 0 Å². The summed E-state index contributed by atoms with van der Waals surface area (Å²) in [5.74, 6) is -0.233. The summed E-state index contributed by atoms with van der Waals surface area (Å²) in [4.78, 5) is 14.0. The molecular weight excluding hydrogens is 330 g/mol. The number of benzene rings is 1. The summed E-state index contributed by atoms with van der Waals surface area (Å²) in [6.45, 7) is 3.44. The molecule has 0 spiro atoms. The van der Waals surface area contributed by atoms with Crippen molar-refractivity contribution >= 4 is 15.9 Å². The van der Waals surface area contributed by atoms with E-state index in [0.29, 0.717) is 37.4 Å². The monoisotopic (exact) mass is 355 g/mol. The Labute approximate surface area is 143 Å². The first-order valence-corrected chi connectivity index (χ1v) is 9.56. The normalized spacial score (nSPS) is 16.9. The second-order valence-electron chi connectivity index (χ2n) is 5.90. The van der Waals surface area contributed by atoms with E-state index in [9.17, 15) is 13.2 Å². The maximum absolute atomic E-state index is 12.5. The minimum Gasteiger partial charge on any atom is -0.383 e. The van der Waals surface area contributed by atoms with Crippen molar-refractivity contribution in [3.63, 3.8) is 0 Å². The van der Waals surface area contributed by atoms with Crippen molar-refractivity contribution in [2.24, 2.45) is 0 Å². The summed E-state index contributed by atoms with van der Waals surface area (Å²) >= 11 is 0. The van der Waals surface area contributed by atoms with Gasteiger partial charge >= 0.3 is 0 Å². The molecule has 0 saturated carbocycles. The molecule has 0 unspecified atom stereocenters. The number of sulfonamides is 1. The number of piperazine rings is 1.